The zero-order chi connectivity index (χ0) is 15.4. The average Bonchev–Trinajstić information content (AvgIpc) is 2.46. The molecule has 0 spiro atoms. The molecule has 0 bridgehead atoms. The minimum absolute atomic E-state index is 0.283. The van der Waals surface area contributed by atoms with E-state index in [0.717, 1.165) is 12.0 Å². The van der Waals surface area contributed by atoms with Crippen LogP contribution in [0, 0.1) is 5.92 Å². The van der Waals surface area contributed by atoms with Gasteiger partial charge in [-0.1, -0.05) is 36.7 Å². The van der Waals surface area contributed by atoms with E-state index in [1.165, 1.54) is 11.0 Å². The van der Waals surface area contributed by atoms with Gasteiger partial charge in [-0.15, -0.1) is 0 Å². The summed E-state index contributed by atoms with van der Waals surface area (Å²) in [7, 11) is 0. The molecule has 2 unspecified atom stereocenters. The van der Waals surface area contributed by atoms with Crippen LogP contribution in [0.5, 0.6) is 0 Å². The first kappa shape index (κ1) is 15.6. The van der Waals surface area contributed by atoms with Crippen LogP contribution in [0.1, 0.15) is 25.3 Å². The van der Waals surface area contributed by atoms with E-state index < -0.39 is 12.0 Å². The smallest absolute Gasteiger partial charge is 0.326 e. The fraction of sp³-hybridized carbons (Fsp3) is 0.375. The third-order valence-electron chi connectivity index (χ3n) is 3.74. The van der Waals surface area contributed by atoms with Crippen molar-refractivity contribution in [1.82, 2.24) is 4.90 Å². The van der Waals surface area contributed by atoms with Crippen molar-refractivity contribution in [3.05, 3.63) is 40.9 Å². The van der Waals surface area contributed by atoms with Gasteiger partial charge in [-0.05, 0) is 36.5 Å². The van der Waals surface area contributed by atoms with Crippen molar-refractivity contribution in [3.63, 3.8) is 0 Å². The maximum atomic E-state index is 12.2. The molecule has 1 aromatic rings. The predicted octanol–water partition coefficient (Wildman–Crippen LogP) is 3.06. The fourth-order valence-corrected chi connectivity index (χ4v) is 2.71. The molecule has 1 fully saturated rings. The Balaban J connectivity index is 2.12. The van der Waals surface area contributed by atoms with E-state index in [9.17, 15) is 14.7 Å². The van der Waals surface area contributed by atoms with Crippen LogP contribution in [0.4, 0.5) is 0 Å². The van der Waals surface area contributed by atoms with Crippen LogP contribution in [-0.2, 0) is 9.59 Å². The number of carboxylic acids is 1. The van der Waals surface area contributed by atoms with E-state index in [-0.39, 0.29) is 5.91 Å². The zero-order valence-corrected chi connectivity index (χ0v) is 12.6. The molecule has 1 aliphatic heterocycles. The highest BCUT2D eigenvalue weighted by atomic mass is 35.5. The summed E-state index contributed by atoms with van der Waals surface area (Å²) in [6.07, 6.45) is 4.35. The van der Waals surface area contributed by atoms with Crippen molar-refractivity contribution in [1.29, 1.82) is 0 Å². The summed E-state index contributed by atoms with van der Waals surface area (Å²) in [5, 5.41) is 9.82. The van der Waals surface area contributed by atoms with E-state index in [1.807, 2.05) is 19.1 Å². The Morgan fingerprint density at radius 3 is 2.76 bits per heavy atom. The molecule has 5 heteroatoms. The number of aliphatic carboxylic acids is 1. The summed E-state index contributed by atoms with van der Waals surface area (Å²) in [6.45, 7) is 2.49. The van der Waals surface area contributed by atoms with Crippen molar-refractivity contribution >= 4 is 29.6 Å². The van der Waals surface area contributed by atoms with Crippen molar-refractivity contribution in [2.45, 2.75) is 25.8 Å². The molecular formula is C16H18ClNO3. The molecule has 2 atom stereocenters. The zero-order valence-electron chi connectivity index (χ0n) is 11.8. The molecule has 21 heavy (non-hydrogen) atoms. The van der Waals surface area contributed by atoms with Gasteiger partial charge in [0.15, 0.2) is 0 Å². The lowest BCUT2D eigenvalue weighted by Gasteiger charge is -2.35. The van der Waals surface area contributed by atoms with E-state index in [2.05, 4.69) is 0 Å². The van der Waals surface area contributed by atoms with Gasteiger partial charge in [-0.25, -0.2) is 4.79 Å². The highest BCUT2D eigenvalue weighted by Gasteiger charge is 2.33. The number of carbonyl (C=O) groups is 2. The molecular weight excluding hydrogens is 290 g/mol. The van der Waals surface area contributed by atoms with Crippen LogP contribution in [0.3, 0.4) is 0 Å². The number of piperidine rings is 1. The van der Waals surface area contributed by atoms with Crippen molar-refractivity contribution in [2.75, 3.05) is 6.54 Å². The number of nitrogens with zero attached hydrogens (tertiary/aromatic N) is 1. The van der Waals surface area contributed by atoms with Gasteiger partial charge in [0.05, 0.1) is 0 Å². The molecule has 0 aliphatic carbocycles. The molecule has 0 aromatic heterocycles. The first-order valence-electron chi connectivity index (χ1n) is 6.95. The van der Waals surface area contributed by atoms with Crippen LogP contribution in [0.2, 0.25) is 5.02 Å². The Labute approximate surface area is 129 Å². The second kappa shape index (κ2) is 6.76. The molecule has 1 N–H and O–H groups in total. The van der Waals surface area contributed by atoms with Gasteiger partial charge in [-0.2, -0.15) is 0 Å². The topological polar surface area (TPSA) is 57.6 Å². The van der Waals surface area contributed by atoms with Crippen molar-refractivity contribution < 1.29 is 14.7 Å². The number of likely N-dealkylation sites (tertiary alicyclic amines) is 1. The van der Waals surface area contributed by atoms with E-state index in [1.54, 1.807) is 18.2 Å². The lowest BCUT2D eigenvalue weighted by atomic mass is 9.92. The van der Waals surface area contributed by atoms with Gasteiger partial charge in [-0.3, -0.25) is 4.79 Å². The monoisotopic (exact) mass is 307 g/mol. The number of amides is 1. The number of benzene rings is 1. The van der Waals surface area contributed by atoms with Crippen LogP contribution < -0.4 is 0 Å². The number of hydrogen-bond acceptors (Lipinski definition) is 2. The first-order chi connectivity index (χ1) is 9.99. The SMILES string of the molecule is CC1CCN(C(=O)/C=C/c2ccccc2Cl)C(C(=O)O)C1. The largest absolute Gasteiger partial charge is 0.480 e. The Morgan fingerprint density at radius 2 is 2.10 bits per heavy atom. The first-order valence-corrected chi connectivity index (χ1v) is 7.33. The van der Waals surface area contributed by atoms with Crippen LogP contribution >= 0.6 is 11.6 Å². The summed E-state index contributed by atoms with van der Waals surface area (Å²) < 4.78 is 0. The van der Waals surface area contributed by atoms with Gasteiger partial charge in [0.1, 0.15) is 6.04 Å². The Bertz CT molecular complexity index is 570. The maximum Gasteiger partial charge on any atom is 0.326 e. The Morgan fingerprint density at radius 1 is 1.38 bits per heavy atom. The second-order valence-electron chi connectivity index (χ2n) is 5.37. The van der Waals surface area contributed by atoms with Crippen LogP contribution in [0.15, 0.2) is 30.3 Å². The number of hydrogen-bond donors (Lipinski definition) is 1. The van der Waals surface area contributed by atoms with Gasteiger partial charge in [0.2, 0.25) is 5.91 Å². The standard InChI is InChI=1S/C16H18ClNO3/c1-11-8-9-18(14(10-11)16(20)21)15(19)7-6-12-4-2-3-5-13(12)17/h2-7,11,14H,8-10H2,1H3,(H,20,21)/b7-6+. The summed E-state index contributed by atoms with van der Waals surface area (Å²) in [6, 6.07) is 6.46. The predicted molar refractivity (Wildman–Crippen MR) is 82.0 cm³/mol. The third kappa shape index (κ3) is 3.85. The summed E-state index contributed by atoms with van der Waals surface area (Å²) in [5.41, 5.74) is 0.741. The number of rotatable bonds is 3. The van der Waals surface area contributed by atoms with Gasteiger partial charge in [0.25, 0.3) is 0 Å². The highest BCUT2D eigenvalue weighted by molar-refractivity contribution is 6.32. The molecule has 0 radical (unpaired) electrons. The minimum atomic E-state index is -0.943. The molecule has 0 saturated carbocycles. The lowest BCUT2D eigenvalue weighted by molar-refractivity contribution is -0.151. The molecule has 4 nitrogen and oxygen atoms in total. The highest BCUT2D eigenvalue weighted by Crippen LogP contribution is 2.23. The van der Waals surface area contributed by atoms with Crippen LogP contribution in [0.25, 0.3) is 6.08 Å². The minimum Gasteiger partial charge on any atom is -0.480 e. The van der Waals surface area contributed by atoms with Crippen LogP contribution in [-0.4, -0.2) is 34.5 Å². The normalized spacial score (nSPS) is 22.5. The van der Waals surface area contributed by atoms with Crippen molar-refractivity contribution in [3.8, 4) is 0 Å². The summed E-state index contributed by atoms with van der Waals surface area (Å²) in [5.74, 6) is -0.905. The molecule has 1 saturated heterocycles. The van der Waals surface area contributed by atoms with Crippen molar-refractivity contribution in [2.24, 2.45) is 5.92 Å². The number of halogens is 1. The van der Waals surface area contributed by atoms with E-state index in [4.69, 9.17) is 11.6 Å². The lowest BCUT2D eigenvalue weighted by Crippen LogP contribution is -2.49. The van der Waals surface area contributed by atoms with E-state index in [0.29, 0.717) is 23.9 Å². The molecule has 1 aliphatic rings. The third-order valence-corrected chi connectivity index (χ3v) is 4.09. The number of carbonyl (C=O) groups excluding carboxylic acids is 1. The maximum absolute atomic E-state index is 12.2. The van der Waals surface area contributed by atoms with E-state index >= 15 is 0 Å². The Hall–Kier alpha value is -1.81. The van der Waals surface area contributed by atoms with Gasteiger partial charge >= 0.3 is 5.97 Å². The second-order valence-corrected chi connectivity index (χ2v) is 5.78. The Kier molecular flexibility index (Phi) is 5.02. The van der Waals surface area contributed by atoms with Gasteiger partial charge < -0.3 is 10.0 Å². The summed E-state index contributed by atoms with van der Waals surface area (Å²) in [4.78, 5) is 25.0. The van der Waals surface area contributed by atoms with Gasteiger partial charge in [0, 0.05) is 17.6 Å². The fourth-order valence-electron chi connectivity index (χ4n) is 2.51. The molecule has 1 heterocycles. The summed E-state index contributed by atoms with van der Waals surface area (Å²) >= 11 is 6.02. The average molecular weight is 308 g/mol. The quantitative estimate of drug-likeness (QED) is 0.873. The number of carboxylic acid groups (broad SMARTS) is 1. The molecule has 112 valence electrons. The molecule has 1 amide bonds. The molecule has 2 rings (SSSR count). The molecule has 1 aromatic carbocycles.